The molecule has 0 saturated heterocycles. The monoisotopic (exact) mass is 393 g/mol. The molecule has 7 heteroatoms. The Labute approximate surface area is 169 Å². The van der Waals surface area contributed by atoms with Gasteiger partial charge in [0.05, 0.1) is 22.5 Å². The van der Waals surface area contributed by atoms with Crippen molar-refractivity contribution in [1.29, 1.82) is 0 Å². The van der Waals surface area contributed by atoms with Crippen LogP contribution in [0.5, 0.6) is 0 Å². The molecular weight excluding hydrogens is 366 g/mol. The molecule has 0 atom stereocenters. The van der Waals surface area contributed by atoms with E-state index in [4.69, 9.17) is 0 Å². The SMILES string of the molecule is Cc1c(CN2CCc3nc(C(C)C)[nH]c(=O)c3C2)c(=O)n(-c2ccccc2)n1C. The molecule has 2 aromatic heterocycles. The van der Waals surface area contributed by atoms with Crippen LogP contribution in [0.15, 0.2) is 39.9 Å². The Morgan fingerprint density at radius 1 is 1.17 bits per heavy atom. The van der Waals surface area contributed by atoms with Crippen molar-refractivity contribution in [1.82, 2.24) is 24.2 Å². The second kappa shape index (κ2) is 7.48. The highest BCUT2D eigenvalue weighted by Crippen LogP contribution is 2.19. The Kier molecular flexibility index (Phi) is 5.00. The Bertz CT molecular complexity index is 1150. The topological polar surface area (TPSA) is 75.9 Å². The molecule has 152 valence electrons. The van der Waals surface area contributed by atoms with E-state index >= 15 is 0 Å². The summed E-state index contributed by atoms with van der Waals surface area (Å²) in [6.07, 6.45) is 0.720. The first-order valence-corrected chi connectivity index (χ1v) is 10.0. The third-order valence-electron chi connectivity index (χ3n) is 5.77. The van der Waals surface area contributed by atoms with Gasteiger partial charge in [-0.05, 0) is 19.1 Å². The minimum absolute atomic E-state index is 0.0100. The zero-order chi connectivity index (χ0) is 20.7. The zero-order valence-electron chi connectivity index (χ0n) is 17.4. The minimum atomic E-state index is -0.0603. The molecule has 1 aliphatic heterocycles. The van der Waals surface area contributed by atoms with Gasteiger partial charge in [0.15, 0.2) is 0 Å². The summed E-state index contributed by atoms with van der Waals surface area (Å²) < 4.78 is 3.60. The predicted molar refractivity (Wildman–Crippen MR) is 113 cm³/mol. The van der Waals surface area contributed by atoms with E-state index in [0.717, 1.165) is 47.0 Å². The van der Waals surface area contributed by atoms with Crippen LogP contribution in [-0.4, -0.2) is 30.8 Å². The molecule has 0 radical (unpaired) electrons. The van der Waals surface area contributed by atoms with Crippen LogP contribution in [-0.2, 0) is 26.6 Å². The van der Waals surface area contributed by atoms with Gasteiger partial charge in [0.25, 0.3) is 11.1 Å². The number of rotatable bonds is 4. The highest BCUT2D eigenvalue weighted by atomic mass is 16.1. The number of hydrogen-bond acceptors (Lipinski definition) is 4. The van der Waals surface area contributed by atoms with Crippen molar-refractivity contribution in [2.45, 2.75) is 46.2 Å². The van der Waals surface area contributed by atoms with E-state index in [2.05, 4.69) is 14.9 Å². The van der Waals surface area contributed by atoms with E-state index in [9.17, 15) is 9.59 Å². The molecule has 1 aliphatic rings. The van der Waals surface area contributed by atoms with Gasteiger partial charge in [-0.25, -0.2) is 9.67 Å². The number of nitrogens with one attached hydrogen (secondary N) is 1. The quantitative estimate of drug-likeness (QED) is 0.738. The molecule has 3 heterocycles. The number of aromatic amines is 1. The first-order chi connectivity index (χ1) is 13.9. The molecule has 3 aromatic rings. The first kappa shape index (κ1) is 19.4. The van der Waals surface area contributed by atoms with Gasteiger partial charge in [0.2, 0.25) is 0 Å². The Morgan fingerprint density at radius 2 is 1.90 bits per heavy atom. The second-order valence-electron chi connectivity index (χ2n) is 8.03. The van der Waals surface area contributed by atoms with Crippen molar-refractivity contribution < 1.29 is 0 Å². The van der Waals surface area contributed by atoms with Crippen molar-refractivity contribution in [3.8, 4) is 5.69 Å². The van der Waals surface area contributed by atoms with Crippen LogP contribution >= 0.6 is 0 Å². The summed E-state index contributed by atoms with van der Waals surface area (Å²) in [6, 6.07) is 9.65. The Balaban J connectivity index is 1.64. The number of fused-ring (bicyclic) bond motifs is 1. The molecular formula is C22H27N5O2. The van der Waals surface area contributed by atoms with E-state index in [0.29, 0.717) is 13.1 Å². The van der Waals surface area contributed by atoms with E-state index in [1.165, 1.54) is 0 Å². The van der Waals surface area contributed by atoms with Gasteiger partial charge in [-0.1, -0.05) is 32.0 Å². The lowest BCUT2D eigenvalue weighted by atomic mass is 10.1. The third-order valence-corrected chi connectivity index (χ3v) is 5.77. The molecule has 4 rings (SSSR count). The molecule has 0 bridgehead atoms. The fourth-order valence-corrected chi connectivity index (χ4v) is 3.94. The number of para-hydroxylation sites is 1. The predicted octanol–water partition coefficient (Wildman–Crippen LogP) is 2.25. The molecule has 1 aromatic carbocycles. The van der Waals surface area contributed by atoms with Crippen LogP contribution in [0.1, 0.15) is 48.1 Å². The number of nitrogens with zero attached hydrogens (tertiary/aromatic N) is 4. The summed E-state index contributed by atoms with van der Waals surface area (Å²) in [5, 5.41) is 0. The molecule has 0 amide bonds. The lowest BCUT2D eigenvalue weighted by Gasteiger charge is -2.27. The summed E-state index contributed by atoms with van der Waals surface area (Å²) in [5.74, 6) is 0.932. The van der Waals surface area contributed by atoms with E-state index in [1.807, 2.05) is 62.8 Å². The van der Waals surface area contributed by atoms with Gasteiger partial charge >= 0.3 is 0 Å². The summed E-state index contributed by atoms with van der Waals surface area (Å²) in [6.45, 7) is 7.82. The molecule has 0 saturated carbocycles. The van der Waals surface area contributed by atoms with Crippen molar-refractivity contribution in [3.05, 3.63) is 79.4 Å². The molecule has 7 nitrogen and oxygen atoms in total. The highest BCUT2D eigenvalue weighted by molar-refractivity contribution is 5.33. The average molecular weight is 393 g/mol. The molecule has 29 heavy (non-hydrogen) atoms. The summed E-state index contributed by atoms with van der Waals surface area (Å²) in [5.41, 5.74) is 4.09. The van der Waals surface area contributed by atoms with Crippen molar-refractivity contribution >= 4 is 0 Å². The fourth-order valence-electron chi connectivity index (χ4n) is 3.94. The third kappa shape index (κ3) is 3.46. The smallest absolute Gasteiger partial charge is 0.276 e. The van der Waals surface area contributed by atoms with Gasteiger partial charge < -0.3 is 4.98 Å². The van der Waals surface area contributed by atoms with Gasteiger partial charge in [-0.15, -0.1) is 0 Å². The van der Waals surface area contributed by atoms with Gasteiger partial charge in [-0.3, -0.25) is 19.2 Å². The maximum Gasteiger partial charge on any atom is 0.276 e. The van der Waals surface area contributed by atoms with Crippen LogP contribution in [0.2, 0.25) is 0 Å². The normalized spacial score (nSPS) is 14.4. The van der Waals surface area contributed by atoms with Gasteiger partial charge in [-0.2, -0.15) is 0 Å². The lowest BCUT2D eigenvalue weighted by Crippen LogP contribution is -2.37. The van der Waals surface area contributed by atoms with Gasteiger partial charge in [0.1, 0.15) is 5.82 Å². The molecule has 0 fully saturated rings. The number of H-pyrrole nitrogens is 1. The molecule has 1 N–H and O–H groups in total. The average Bonchev–Trinajstić information content (AvgIpc) is 2.92. The largest absolute Gasteiger partial charge is 0.310 e. The number of benzene rings is 1. The fraction of sp³-hybridized carbons (Fsp3) is 0.409. The van der Waals surface area contributed by atoms with E-state index < -0.39 is 0 Å². The summed E-state index contributed by atoms with van der Waals surface area (Å²) in [4.78, 5) is 35.5. The Morgan fingerprint density at radius 3 is 2.59 bits per heavy atom. The molecule has 0 unspecified atom stereocenters. The number of aromatic nitrogens is 4. The zero-order valence-corrected chi connectivity index (χ0v) is 17.4. The van der Waals surface area contributed by atoms with Crippen molar-refractivity contribution in [2.75, 3.05) is 6.54 Å². The standard InChI is InChI=1S/C22H27N5O2/c1-14(2)20-23-19-10-11-26(13-18(19)21(28)24-20)12-17-15(3)25(4)27(22(17)29)16-8-6-5-7-9-16/h5-9,14H,10-13H2,1-4H3,(H,23,24,28). The minimum Gasteiger partial charge on any atom is -0.310 e. The molecule has 0 spiro atoms. The van der Waals surface area contributed by atoms with Crippen LogP contribution in [0.25, 0.3) is 5.69 Å². The maximum atomic E-state index is 13.2. The summed E-state index contributed by atoms with van der Waals surface area (Å²) in [7, 11) is 1.90. The van der Waals surface area contributed by atoms with Crippen LogP contribution in [0, 0.1) is 6.92 Å². The molecule has 0 aliphatic carbocycles. The highest BCUT2D eigenvalue weighted by Gasteiger charge is 2.24. The second-order valence-corrected chi connectivity index (χ2v) is 8.03. The van der Waals surface area contributed by atoms with Crippen LogP contribution in [0.3, 0.4) is 0 Å². The maximum absolute atomic E-state index is 13.2. The van der Waals surface area contributed by atoms with E-state index in [1.54, 1.807) is 4.68 Å². The van der Waals surface area contributed by atoms with Crippen molar-refractivity contribution in [3.63, 3.8) is 0 Å². The number of hydrogen-bond donors (Lipinski definition) is 1. The van der Waals surface area contributed by atoms with Crippen LogP contribution < -0.4 is 11.1 Å². The summed E-state index contributed by atoms with van der Waals surface area (Å²) >= 11 is 0. The van der Waals surface area contributed by atoms with E-state index in [-0.39, 0.29) is 17.0 Å². The lowest BCUT2D eigenvalue weighted by molar-refractivity contribution is 0.240. The van der Waals surface area contributed by atoms with Gasteiger partial charge in [0, 0.05) is 44.7 Å². The first-order valence-electron chi connectivity index (χ1n) is 10.0. The van der Waals surface area contributed by atoms with Crippen LogP contribution in [0.4, 0.5) is 0 Å². The van der Waals surface area contributed by atoms with Crippen molar-refractivity contribution in [2.24, 2.45) is 7.05 Å². The Hall–Kier alpha value is -2.93.